The molecule has 170 valence electrons. The number of hydrogen-bond donors (Lipinski definition) is 1. The quantitative estimate of drug-likeness (QED) is 0.416. The molecule has 0 fully saturated rings. The van der Waals surface area contributed by atoms with Crippen LogP contribution in [-0.4, -0.2) is 26.3 Å². The highest BCUT2D eigenvalue weighted by atomic mass is 35.5. The minimum Gasteiger partial charge on any atom is -0.489 e. The molecule has 1 aliphatic carbocycles. The van der Waals surface area contributed by atoms with Crippen LogP contribution in [0.25, 0.3) is 0 Å². The van der Waals surface area contributed by atoms with Gasteiger partial charge in [-0.3, -0.25) is 4.79 Å². The summed E-state index contributed by atoms with van der Waals surface area (Å²) in [5, 5.41) is 9.59. The molecule has 0 saturated carbocycles. The largest absolute Gasteiger partial charge is 0.489 e. The van der Waals surface area contributed by atoms with Gasteiger partial charge in [0.1, 0.15) is 18.4 Å². The first-order valence-corrected chi connectivity index (χ1v) is 12.6. The topological polar surface area (TPSA) is 69.0 Å². The van der Waals surface area contributed by atoms with Crippen LogP contribution in [0.3, 0.4) is 0 Å². The van der Waals surface area contributed by atoms with E-state index in [2.05, 4.69) is 12.2 Å². The monoisotopic (exact) mass is 480 g/mol. The Bertz CT molecular complexity index is 1210. The molecule has 0 radical (unpaired) electrons. The van der Waals surface area contributed by atoms with E-state index in [1.807, 2.05) is 53.2 Å². The molecule has 1 unspecified atom stereocenters. The van der Waals surface area contributed by atoms with Gasteiger partial charge in [-0.1, -0.05) is 60.6 Å². The molecule has 2 heterocycles. The van der Waals surface area contributed by atoms with Crippen LogP contribution in [0.4, 0.5) is 5.95 Å². The summed E-state index contributed by atoms with van der Waals surface area (Å²) in [7, 11) is 0. The summed E-state index contributed by atoms with van der Waals surface area (Å²) in [6.07, 6.45) is 3.26. The number of rotatable bonds is 7. The van der Waals surface area contributed by atoms with E-state index < -0.39 is 0 Å². The van der Waals surface area contributed by atoms with Gasteiger partial charge < -0.3 is 10.1 Å². The Hall–Kier alpha value is -2.77. The maximum Gasteiger partial charge on any atom is 0.227 e. The number of Topliss-reactive ketones (excluding diaryl/α,β-unsaturated/α-hetero) is 1. The molecule has 0 spiro atoms. The van der Waals surface area contributed by atoms with Crippen LogP contribution in [-0.2, 0) is 11.4 Å². The molecule has 3 aromatic rings. The van der Waals surface area contributed by atoms with Crippen molar-refractivity contribution in [2.75, 3.05) is 11.1 Å². The third-order valence-corrected chi connectivity index (χ3v) is 7.10. The van der Waals surface area contributed by atoms with Crippen molar-refractivity contribution >= 4 is 35.1 Å². The predicted octanol–water partition coefficient (Wildman–Crippen LogP) is 6.03. The predicted molar refractivity (Wildman–Crippen MR) is 131 cm³/mol. The van der Waals surface area contributed by atoms with Crippen molar-refractivity contribution in [3.63, 3.8) is 0 Å². The second-order valence-corrected chi connectivity index (χ2v) is 9.66. The van der Waals surface area contributed by atoms with E-state index in [1.54, 1.807) is 11.8 Å². The van der Waals surface area contributed by atoms with Crippen molar-refractivity contribution < 1.29 is 9.53 Å². The van der Waals surface area contributed by atoms with E-state index >= 15 is 0 Å². The Labute approximate surface area is 202 Å². The summed E-state index contributed by atoms with van der Waals surface area (Å²) in [5.41, 5.74) is 3.66. The van der Waals surface area contributed by atoms with Crippen LogP contribution in [0, 0.1) is 0 Å². The molecule has 6 nitrogen and oxygen atoms in total. The average molecular weight is 481 g/mol. The van der Waals surface area contributed by atoms with Crippen molar-refractivity contribution in [2.24, 2.45) is 0 Å². The molecule has 1 N–H and O–H groups in total. The fraction of sp³-hybridized carbons (Fsp3) is 0.320. The molecule has 2 aliphatic rings. The van der Waals surface area contributed by atoms with E-state index in [-0.39, 0.29) is 11.8 Å². The number of aromatic nitrogens is 3. The van der Waals surface area contributed by atoms with Gasteiger partial charge in [0.2, 0.25) is 11.1 Å². The fourth-order valence-corrected chi connectivity index (χ4v) is 5.07. The fourth-order valence-electron chi connectivity index (χ4n) is 4.26. The van der Waals surface area contributed by atoms with Crippen molar-refractivity contribution in [1.82, 2.24) is 14.8 Å². The molecule has 1 aliphatic heterocycles. The van der Waals surface area contributed by atoms with Crippen molar-refractivity contribution in [3.05, 3.63) is 76.0 Å². The highest BCUT2D eigenvalue weighted by molar-refractivity contribution is 7.99. The Morgan fingerprint density at radius 3 is 2.82 bits per heavy atom. The average Bonchev–Trinajstić information content (AvgIpc) is 3.24. The maximum absolute atomic E-state index is 13.1. The SMILES string of the molecule is CCCSc1nc2n(n1)C(c1ccccc1OCc1ccc(Cl)cc1)C1=C(CCCC1=O)N2. The summed E-state index contributed by atoms with van der Waals surface area (Å²) in [5.74, 6) is 2.51. The highest BCUT2D eigenvalue weighted by Gasteiger charge is 2.38. The number of nitrogens with zero attached hydrogens (tertiary/aromatic N) is 3. The second-order valence-electron chi connectivity index (χ2n) is 8.16. The highest BCUT2D eigenvalue weighted by Crippen LogP contribution is 2.43. The number of thioether (sulfide) groups is 1. The van der Waals surface area contributed by atoms with E-state index in [0.717, 1.165) is 58.3 Å². The number of anilines is 1. The molecule has 1 atom stereocenters. The van der Waals surface area contributed by atoms with Crippen LogP contribution in [0.1, 0.15) is 49.8 Å². The minimum atomic E-state index is -0.367. The number of hydrogen-bond acceptors (Lipinski definition) is 6. The molecule has 5 rings (SSSR count). The normalized spacial score (nSPS) is 17.4. The number of carbonyl (C=O) groups excluding carboxylic acids is 1. The van der Waals surface area contributed by atoms with Crippen LogP contribution in [0.15, 0.2) is 65.0 Å². The standard InChI is InChI=1S/C25H25ClN4O2S/c1-2-14-33-25-28-24-27-19-7-5-8-20(31)22(19)23(30(24)29-25)18-6-3-4-9-21(18)32-15-16-10-12-17(26)13-11-16/h3-4,6,9-13,23H,2,5,7-8,14-15H2,1H3,(H,27,28,29). The molecule has 0 amide bonds. The Balaban J connectivity index is 1.54. The lowest BCUT2D eigenvalue weighted by molar-refractivity contribution is -0.116. The number of para-hydroxylation sites is 1. The first-order valence-electron chi connectivity index (χ1n) is 11.2. The third kappa shape index (κ3) is 4.52. The minimum absolute atomic E-state index is 0.158. The van der Waals surface area contributed by atoms with Gasteiger partial charge in [-0.25, -0.2) is 4.68 Å². The zero-order valence-corrected chi connectivity index (χ0v) is 20.0. The van der Waals surface area contributed by atoms with Gasteiger partial charge in [-0.2, -0.15) is 4.98 Å². The van der Waals surface area contributed by atoms with Crippen molar-refractivity contribution in [2.45, 2.75) is 50.4 Å². The van der Waals surface area contributed by atoms with Crippen LogP contribution in [0.5, 0.6) is 5.75 Å². The molecule has 1 aromatic heterocycles. The van der Waals surface area contributed by atoms with Gasteiger partial charge in [0.15, 0.2) is 5.78 Å². The van der Waals surface area contributed by atoms with E-state index in [0.29, 0.717) is 24.0 Å². The first kappa shape index (κ1) is 22.0. The lowest BCUT2D eigenvalue weighted by Crippen LogP contribution is -2.31. The van der Waals surface area contributed by atoms with E-state index in [4.69, 9.17) is 26.4 Å². The molecule has 8 heteroatoms. The number of ketones is 1. The molecular formula is C25H25ClN4O2S. The number of allylic oxidation sites excluding steroid dienone is 2. The molecular weight excluding hydrogens is 456 g/mol. The van der Waals surface area contributed by atoms with Crippen molar-refractivity contribution in [3.8, 4) is 5.75 Å². The number of fused-ring (bicyclic) bond motifs is 1. The molecule has 2 aromatic carbocycles. The number of halogens is 1. The smallest absolute Gasteiger partial charge is 0.227 e. The molecule has 0 saturated heterocycles. The van der Waals surface area contributed by atoms with Crippen LogP contribution in [0.2, 0.25) is 5.02 Å². The van der Waals surface area contributed by atoms with Crippen molar-refractivity contribution in [1.29, 1.82) is 0 Å². The summed E-state index contributed by atoms with van der Waals surface area (Å²) < 4.78 is 8.11. The second kappa shape index (κ2) is 9.61. The number of ether oxygens (including phenoxy) is 1. The van der Waals surface area contributed by atoms with Gasteiger partial charge in [-0.15, -0.1) is 5.10 Å². The number of benzene rings is 2. The Kier molecular flexibility index (Phi) is 6.42. The molecule has 33 heavy (non-hydrogen) atoms. The number of nitrogens with one attached hydrogen (secondary N) is 1. The van der Waals surface area contributed by atoms with Gasteiger partial charge in [0, 0.05) is 34.0 Å². The number of carbonyl (C=O) groups is 1. The van der Waals surface area contributed by atoms with Crippen LogP contribution >= 0.6 is 23.4 Å². The zero-order chi connectivity index (χ0) is 22.8. The Morgan fingerprint density at radius 1 is 1.18 bits per heavy atom. The van der Waals surface area contributed by atoms with Gasteiger partial charge >= 0.3 is 0 Å². The summed E-state index contributed by atoms with van der Waals surface area (Å²) in [6, 6.07) is 15.1. The van der Waals surface area contributed by atoms with Gasteiger partial charge in [0.05, 0.1) is 0 Å². The van der Waals surface area contributed by atoms with E-state index in [9.17, 15) is 4.79 Å². The van der Waals surface area contributed by atoms with E-state index in [1.165, 1.54) is 0 Å². The maximum atomic E-state index is 13.1. The third-order valence-electron chi connectivity index (χ3n) is 5.81. The zero-order valence-electron chi connectivity index (χ0n) is 18.4. The van der Waals surface area contributed by atoms with Crippen LogP contribution < -0.4 is 10.1 Å². The molecule has 0 bridgehead atoms. The summed E-state index contributed by atoms with van der Waals surface area (Å²) >= 11 is 7.64. The first-order chi connectivity index (χ1) is 16.1. The lowest BCUT2D eigenvalue weighted by Gasteiger charge is -2.32. The Morgan fingerprint density at radius 2 is 2.00 bits per heavy atom. The lowest BCUT2D eigenvalue weighted by atomic mass is 9.85. The van der Waals surface area contributed by atoms with Gasteiger partial charge in [-0.05, 0) is 43.0 Å². The summed E-state index contributed by atoms with van der Waals surface area (Å²) in [6.45, 7) is 2.54. The van der Waals surface area contributed by atoms with Gasteiger partial charge in [0.25, 0.3) is 0 Å². The summed E-state index contributed by atoms with van der Waals surface area (Å²) in [4.78, 5) is 17.8.